The van der Waals surface area contributed by atoms with E-state index in [4.69, 9.17) is 11.6 Å². The smallest absolute Gasteiger partial charge is 0.242 e. The average molecular weight is 254 g/mol. The molecule has 17 heavy (non-hydrogen) atoms. The molecule has 0 radical (unpaired) electrons. The van der Waals surface area contributed by atoms with Gasteiger partial charge in [0.25, 0.3) is 0 Å². The van der Waals surface area contributed by atoms with E-state index < -0.39 is 5.38 Å². The maximum atomic E-state index is 11.8. The van der Waals surface area contributed by atoms with E-state index in [0.717, 1.165) is 23.1 Å². The van der Waals surface area contributed by atoms with E-state index in [2.05, 4.69) is 17.4 Å². The van der Waals surface area contributed by atoms with Crippen LogP contribution < -0.4 is 5.32 Å². The minimum Gasteiger partial charge on any atom is -0.355 e. The molecule has 0 spiro atoms. The van der Waals surface area contributed by atoms with Crippen molar-refractivity contribution in [3.63, 3.8) is 0 Å². The number of hydrogen-bond donors (Lipinski definition) is 1. The standard InChI is InChI=1S/C14H20ClNO/c1-5-6-16-14(17)13(15)12-10(3)7-9(2)8-11(12)4/h7-8,13H,5-6H2,1-4H3,(H,16,17). The van der Waals surface area contributed by atoms with Gasteiger partial charge in [-0.05, 0) is 43.9 Å². The average Bonchev–Trinajstić information content (AvgIpc) is 2.24. The number of amides is 1. The molecule has 3 heteroatoms. The van der Waals surface area contributed by atoms with Gasteiger partial charge in [-0.3, -0.25) is 4.79 Å². The van der Waals surface area contributed by atoms with Gasteiger partial charge < -0.3 is 5.32 Å². The molecule has 1 unspecified atom stereocenters. The molecular formula is C14H20ClNO. The predicted molar refractivity (Wildman–Crippen MR) is 72.5 cm³/mol. The first kappa shape index (κ1) is 14.0. The van der Waals surface area contributed by atoms with Gasteiger partial charge in [0.2, 0.25) is 5.91 Å². The van der Waals surface area contributed by atoms with Gasteiger partial charge in [0.15, 0.2) is 0 Å². The van der Waals surface area contributed by atoms with Crippen molar-refractivity contribution in [2.24, 2.45) is 0 Å². The minimum atomic E-state index is -0.595. The normalized spacial score (nSPS) is 12.3. The van der Waals surface area contributed by atoms with Crippen molar-refractivity contribution in [1.82, 2.24) is 5.32 Å². The molecule has 0 fully saturated rings. The lowest BCUT2D eigenvalue weighted by Crippen LogP contribution is -2.28. The van der Waals surface area contributed by atoms with Crippen LogP contribution in [0.1, 0.15) is 41.0 Å². The lowest BCUT2D eigenvalue weighted by molar-refractivity contribution is -0.120. The zero-order valence-corrected chi connectivity index (χ0v) is 11.7. The van der Waals surface area contributed by atoms with E-state index in [9.17, 15) is 4.79 Å². The number of rotatable bonds is 4. The SMILES string of the molecule is CCCNC(=O)C(Cl)c1c(C)cc(C)cc1C. The highest BCUT2D eigenvalue weighted by Gasteiger charge is 2.20. The maximum absolute atomic E-state index is 11.8. The molecule has 0 aliphatic carbocycles. The second-order valence-electron chi connectivity index (χ2n) is 4.47. The third kappa shape index (κ3) is 3.47. The van der Waals surface area contributed by atoms with Crippen molar-refractivity contribution in [2.45, 2.75) is 39.5 Å². The highest BCUT2D eigenvalue weighted by atomic mass is 35.5. The molecule has 1 N–H and O–H groups in total. The molecule has 0 aliphatic rings. The summed E-state index contributed by atoms with van der Waals surface area (Å²) in [6.45, 7) is 8.73. The van der Waals surface area contributed by atoms with Crippen LogP contribution in [0.25, 0.3) is 0 Å². The van der Waals surface area contributed by atoms with Gasteiger partial charge in [-0.1, -0.05) is 24.6 Å². The predicted octanol–water partition coefficient (Wildman–Crippen LogP) is 3.42. The summed E-state index contributed by atoms with van der Waals surface area (Å²) in [5, 5.41) is 2.23. The Kier molecular flexibility index (Phi) is 5.01. The molecule has 1 aromatic rings. The van der Waals surface area contributed by atoms with Crippen molar-refractivity contribution in [3.8, 4) is 0 Å². The molecule has 0 heterocycles. The van der Waals surface area contributed by atoms with Gasteiger partial charge in [0.1, 0.15) is 5.38 Å². The molecule has 0 saturated carbocycles. The second kappa shape index (κ2) is 6.06. The van der Waals surface area contributed by atoms with Gasteiger partial charge in [-0.2, -0.15) is 0 Å². The van der Waals surface area contributed by atoms with Crippen LogP contribution in [0.15, 0.2) is 12.1 Å². The highest BCUT2D eigenvalue weighted by Crippen LogP contribution is 2.28. The zero-order chi connectivity index (χ0) is 13.0. The van der Waals surface area contributed by atoms with E-state index in [0.29, 0.717) is 6.54 Å². The summed E-state index contributed by atoms with van der Waals surface area (Å²) in [6.07, 6.45) is 0.918. The first-order chi connectivity index (χ1) is 7.97. The molecule has 1 amide bonds. The van der Waals surface area contributed by atoms with Crippen LogP contribution in [-0.4, -0.2) is 12.5 Å². The maximum Gasteiger partial charge on any atom is 0.242 e. The Morgan fingerprint density at radius 1 is 1.29 bits per heavy atom. The third-order valence-corrected chi connectivity index (χ3v) is 3.19. The van der Waals surface area contributed by atoms with Crippen LogP contribution in [0.5, 0.6) is 0 Å². The lowest BCUT2D eigenvalue weighted by Gasteiger charge is -2.16. The number of alkyl halides is 1. The molecule has 0 bridgehead atoms. The summed E-state index contributed by atoms with van der Waals surface area (Å²) in [7, 11) is 0. The van der Waals surface area contributed by atoms with Crippen LogP contribution in [0.2, 0.25) is 0 Å². The van der Waals surface area contributed by atoms with Gasteiger partial charge in [-0.15, -0.1) is 11.6 Å². The van der Waals surface area contributed by atoms with Crippen molar-refractivity contribution in [1.29, 1.82) is 0 Å². The summed E-state index contributed by atoms with van der Waals surface area (Å²) in [5.41, 5.74) is 4.29. The number of halogens is 1. The van der Waals surface area contributed by atoms with Gasteiger partial charge >= 0.3 is 0 Å². The highest BCUT2D eigenvalue weighted by molar-refractivity contribution is 6.31. The molecule has 1 atom stereocenters. The van der Waals surface area contributed by atoms with Gasteiger partial charge in [0.05, 0.1) is 0 Å². The van der Waals surface area contributed by atoms with Crippen LogP contribution in [0.3, 0.4) is 0 Å². The molecule has 0 aromatic heterocycles. The van der Waals surface area contributed by atoms with Crippen molar-refractivity contribution in [3.05, 3.63) is 34.4 Å². The summed E-state index contributed by atoms with van der Waals surface area (Å²) in [6, 6.07) is 4.12. The van der Waals surface area contributed by atoms with Gasteiger partial charge in [-0.25, -0.2) is 0 Å². The Labute approximate surface area is 108 Å². The largest absolute Gasteiger partial charge is 0.355 e. The third-order valence-electron chi connectivity index (χ3n) is 2.77. The van der Waals surface area contributed by atoms with Crippen LogP contribution in [0, 0.1) is 20.8 Å². The number of nitrogens with one attached hydrogen (secondary N) is 1. The second-order valence-corrected chi connectivity index (χ2v) is 4.90. The fraction of sp³-hybridized carbons (Fsp3) is 0.500. The van der Waals surface area contributed by atoms with Crippen molar-refractivity contribution < 1.29 is 4.79 Å². The molecule has 2 nitrogen and oxygen atoms in total. The van der Waals surface area contributed by atoms with Crippen LogP contribution in [0.4, 0.5) is 0 Å². The quantitative estimate of drug-likeness (QED) is 0.819. The Hall–Kier alpha value is -1.02. The minimum absolute atomic E-state index is 0.108. The lowest BCUT2D eigenvalue weighted by atomic mass is 9.97. The zero-order valence-electron chi connectivity index (χ0n) is 10.9. The number of carbonyl (C=O) groups excluding carboxylic acids is 1. The Morgan fingerprint density at radius 2 is 1.82 bits per heavy atom. The molecule has 0 aliphatic heterocycles. The topological polar surface area (TPSA) is 29.1 Å². The number of aryl methyl sites for hydroxylation is 3. The number of carbonyl (C=O) groups is 1. The summed E-state index contributed by atoms with van der Waals surface area (Å²) in [5.74, 6) is -0.108. The summed E-state index contributed by atoms with van der Waals surface area (Å²) in [4.78, 5) is 11.8. The van der Waals surface area contributed by atoms with Crippen LogP contribution in [-0.2, 0) is 4.79 Å². The van der Waals surface area contributed by atoms with E-state index in [1.807, 2.05) is 27.7 Å². The summed E-state index contributed by atoms with van der Waals surface area (Å²) < 4.78 is 0. The van der Waals surface area contributed by atoms with E-state index in [1.165, 1.54) is 5.56 Å². The fourth-order valence-corrected chi connectivity index (χ4v) is 2.48. The molecule has 1 rings (SSSR count). The van der Waals surface area contributed by atoms with E-state index in [1.54, 1.807) is 0 Å². The first-order valence-corrected chi connectivity index (χ1v) is 6.40. The van der Waals surface area contributed by atoms with Gasteiger partial charge in [0, 0.05) is 6.54 Å². The Bertz CT molecular complexity index is 392. The molecule has 1 aromatic carbocycles. The fourth-order valence-electron chi connectivity index (χ4n) is 2.06. The summed E-state index contributed by atoms with van der Waals surface area (Å²) >= 11 is 6.24. The molecule has 94 valence electrons. The van der Waals surface area contributed by atoms with Crippen molar-refractivity contribution in [2.75, 3.05) is 6.54 Å². The van der Waals surface area contributed by atoms with E-state index >= 15 is 0 Å². The monoisotopic (exact) mass is 253 g/mol. The molecule has 0 saturated heterocycles. The number of benzene rings is 1. The first-order valence-electron chi connectivity index (χ1n) is 5.97. The Balaban J connectivity index is 2.96. The number of hydrogen-bond acceptors (Lipinski definition) is 1. The molecular weight excluding hydrogens is 234 g/mol. The van der Waals surface area contributed by atoms with E-state index in [-0.39, 0.29) is 5.91 Å². The van der Waals surface area contributed by atoms with Crippen LogP contribution >= 0.6 is 11.6 Å². The van der Waals surface area contributed by atoms with Crippen molar-refractivity contribution >= 4 is 17.5 Å². The Morgan fingerprint density at radius 3 is 2.29 bits per heavy atom.